The molecule has 1 aromatic heterocycles. The first-order valence-corrected chi connectivity index (χ1v) is 6.24. The van der Waals surface area contributed by atoms with Crippen LogP contribution in [0.1, 0.15) is 32.0 Å². The molecule has 0 amide bonds. The van der Waals surface area contributed by atoms with Gasteiger partial charge in [0.15, 0.2) is 0 Å². The summed E-state index contributed by atoms with van der Waals surface area (Å²) < 4.78 is 1.85. The monoisotopic (exact) mass is 254 g/mol. The lowest BCUT2D eigenvalue weighted by atomic mass is 10.0. The van der Waals surface area contributed by atoms with E-state index in [4.69, 9.17) is 18.0 Å². The number of aromatic nitrogens is 2. The van der Waals surface area contributed by atoms with Crippen molar-refractivity contribution in [2.24, 2.45) is 18.7 Å². The lowest BCUT2D eigenvalue weighted by Gasteiger charge is -2.30. The van der Waals surface area contributed by atoms with E-state index in [2.05, 4.69) is 37.8 Å². The molecule has 5 heteroatoms. The Morgan fingerprint density at radius 1 is 1.41 bits per heavy atom. The Hall–Kier alpha value is -1.10. The molecule has 17 heavy (non-hydrogen) atoms. The lowest BCUT2D eigenvalue weighted by Crippen LogP contribution is -2.35. The van der Waals surface area contributed by atoms with Gasteiger partial charge in [-0.25, -0.2) is 0 Å². The van der Waals surface area contributed by atoms with E-state index in [1.807, 2.05) is 18.7 Å². The molecule has 0 aromatic carbocycles. The van der Waals surface area contributed by atoms with E-state index in [-0.39, 0.29) is 0 Å². The summed E-state index contributed by atoms with van der Waals surface area (Å²) >= 11 is 5.12. The molecule has 0 radical (unpaired) electrons. The largest absolute Gasteiger partial charge is 0.389 e. The van der Waals surface area contributed by atoms with Gasteiger partial charge in [-0.3, -0.25) is 4.68 Å². The van der Waals surface area contributed by atoms with Gasteiger partial charge in [-0.05, 0) is 19.8 Å². The summed E-state index contributed by atoms with van der Waals surface area (Å²) in [5.74, 6) is 1.55. The third-order valence-corrected chi connectivity index (χ3v) is 3.55. The number of anilines is 1. The van der Waals surface area contributed by atoms with Gasteiger partial charge in [0.1, 0.15) is 10.8 Å². The summed E-state index contributed by atoms with van der Waals surface area (Å²) in [6.07, 6.45) is 0. The van der Waals surface area contributed by atoms with Gasteiger partial charge in [-0.2, -0.15) is 5.10 Å². The Morgan fingerprint density at radius 2 is 1.94 bits per heavy atom. The average Bonchev–Trinajstić information content (AvgIpc) is 2.51. The summed E-state index contributed by atoms with van der Waals surface area (Å²) in [6.45, 7) is 8.53. The zero-order chi connectivity index (χ0) is 13.3. The fourth-order valence-corrected chi connectivity index (χ4v) is 2.22. The van der Waals surface area contributed by atoms with Gasteiger partial charge in [0.25, 0.3) is 0 Å². The quantitative estimate of drug-likeness (QED) is 0.833. The Labute approximate surface area is 109 Å². The predicted octanol–water partition coefficient (Wildman–Crippen LogP) is 1.84. The molecule has 1 atom stereocenters. The van der Waals surface area contributed by atoms with Crippen molar-refractivity contribution in [1.29, 1.82) is 0 Å². The Kier molecular flexibility index (Phi) is 4.14. The van der Waals surface area contributed by atoms with Crippen molar-refractivity contribution in [3.8, 4) is 0 Å². The number of nitrogens with two attached hydrogens (primary N) is 1. The lowest BCUT2D eigenvalue weighted by molar-refractivity contribution is 0.496. The number of hydrogen-bond acceptors (Lipinski definition) is 3. The predicted molar refractivity (Wildman–Crippen MR) is 76.5 cm³/mol. The van der Waals surface area contributed by atoms with Crippen molar-refractivity contribution in [2.75, 3.05) is 11.9 Å². The van der Waals surface area contributed by atoms with Crippen molar-refractivity contribution >= 4 is 23.0 Å². The molecule has 1 heterocycles. The van der Waals surface area contributed by atoms with Crippen LogP contribution in [0, 0.1) is 12.8 Å². The maximum atomic E-state index is 5.79. The van der Waals surface area contributed by atoms with Gasteiger partial charge < -0.3 is 10.6 Å². The van der Waals surface area contributed by atoms with Crippen LogP contribution >= 0.6 is 12.2 Å². The van der Waals surface area contributed by atoms with E-state index in [0.29, 0.717) is 16.9 Å². The summed E-state index contributed by atoms with van der Waals surface area (Å²) in [7, 11) is 3.98. The molecular weight excluding hydrogens is 232 g/mol. The van der Waals surface area contributed by atoms with E-state index < -0.39 is 0 Å². The molecule has 0 fully saturated rings. The van der Waals surface area contributed by atoms with Gasteiger partial charge in [0.2, 0.25) is 0 Å². The molecule has 0 aliphatic rings. The fraction of sp³-hybridized carbons (Fsp3) is 0.667. The molecule has 0 bridgehead atoms. The third-order valence-electron chi connectivity index (χ3n) is 3.35. The van der Waals surface area contributed by atoms with E-state index in [9.17, 15) is 0 Å². The van der Waals surface area contributed by atoms with E-state index in [1.165, 1.54) is 0 Å². The first-order valence-electron chi connectivity index (χ1n) is 5.83. The third kappa shape index (κ3) is 2.60. The Balaban J connectivity index is 3.25. The molecule has 0 spiro atoms. The highest BCUT2D eigenvalue weighted by Gasteiger charge is 2.23. The van der Waals surface area contributed by atoms with Crippen LogP contribution in [0.15, 0.2) is 0 Å². The van der Waals surface area contributed by atoms with E-state index in [1.54, 1.807) is 0 Å². The topological polar surface area (TPSA) is 47.1 Å². The zero-order valence-corrected chi connectivity index (χ0v) is 12.3. The second-order valence-corrected chi connectivity index (χ2v) is 5.31. The van der Waals surface area contributed by atoms with Crippen LogP contribution in [0.4, 0.5) is 5.82 Å². The number of thiocarbonyl (C=S) groups is 1. The number of hydrogen-bond donors (Lipinski definition) is 1. The first-order chi connectivity index (χ1) is 7.77. The second kappa shape index (κ2) is 5.04. The second-order valence-electron chi connectivity index (χ2n) is 4.87. The molecule has 2 N–H and O–H groups in total. The maximum absolute atomic E-state index is 5.79. The van der Waals surface area contributed by atoms with Crippen molar-refractivity contribution in [3.05, 3.63) is 11.3 Å². The molecule has 1 aromatic rings. The molecule has 1 rings (SSSR count). The summed E-state index contributed by atoms with van der Waals surface area (Å²) in [5, 5.41) is 4.40. The van der Waals surface area contributed by atoms with Crippen molar-refractivity contribution in [3.63, 3.8) is 0 Å². The first kappa shape index (κ1) is 14.0. The SMILES string of the molecule is Cc1nn(C)c(N(C)C(C)C(C)C)c1C(N)=S. The summed E-state index contributed by atoms with van der Waals surface area (Å²) in [6, 6.07) is 0.401. The minimum atomic E-state index is 0.401. The highest BCUT2D eigenvalue weighted by Crippen LogP contribution is 2.25. The van der Waals surface area contributed by atoms with Crippen LogP contribution in [0.25, 0.3) is 0 Å². The summed E-state index contributed by atoms with van der Waals surface area (Å²) in [5.41, 5.74) is 7.57. The normalized spacial score (nSPS) is 12.9. The minimum Gasteiger partial charge on any atom is -0.389 e. The molecule has 0 saturated heterocycles. The highest BCUT2D eigenvalue weighted by atomic mass is 32.1. The van der Waals surface area contributed by atoms with Crippen molar-refractivity contribution < 1.29 is 0 Å². The summed E-state index contributed by atoms with van der Waals surface area (Å²) in [4.78, 5) is 2.60. The number of rotatable bonds is 4. The van der Waals surface area contributed by atoms with Crippen LogP contribution in [0.5, 0.6) is 0 Å². The van der Waals surface area contributed by atoms with Crippen LogP contribution < -0.4 is 10.6 Å². The molecule has 0 aliphatic carbocycles. The molecule has 1 unspecified atom stereocenters. The van der Waals surface area contributed by atoms with Gasteiger partial charge in [0, 0.05) is 20.1 Å². The Morgan fingerprint density at radius 3 is 2.35 bits per heavy atom. The van der Waals surface area contributed by atoms with Crippen LogP contribution in [-0.2, 0) is 7.05 Å². The molecule has 0 saturated carbocycles. The minimum absolute atomic E-state index is 0.401. The highest BCUT2D eigenvalue weighted by molar-refractivity contribution is 7.80. The van der Waals surface area contributed by atoms with Crippen molar-refractivity contribution in [1.82, 2.24) is 9.78 Å². The van der Waals surface area contributed by atoms with Crippen LogP contribution in [-0.4, -0.2) is 27.9 Å². The smallest absolute Gasteiger partial charge is 0.137 e. The van der Waals surface area contributed by atoms with Gasteiger partial charge >= 0.3 is 0 Å². The number of aryl methyl sites for hydroxylation is 2. The van der Waals surface area contributed by atoms with Gasteiger partial charge in [0.05, 0.1) is 11.3 Å². The van der Waals surface area contributed by atoms with Gasteiger partial charge in [-0.15, -0.1) is 0 Å². The molecule has 4 nitrogen and oxygen atoms in total. The fourth-order valence-electron chi connectivity index (χ4n) is 1.98. The molecule has 96 valence electrons. The molecule has 0 aliphatic heterocycles. The van der Waals surface area contributed by atoms with Crippen LogP contribution in [0.3, 0.4) is 0 Å². The standard InChI is InChI=1S/C12H22N4S/c1-7(2)9(4)15(5)12-10(11(13)17)8(3)14-16(12)6/h7,9H,1-6H3,(H2,13,17). The Bertz CT molecular complexity index is 422. The maximum Gasteiger partial charge on any atom is 0.137 e. The number of nitrogens with zero attached hydrogens (tertiary/aromatic N) is 3. The van der Waals surface area contributed by atoms with Crippen LogP contribution in [0.2, 0.25) is 0 Å². The van der Waals surface area contributed by atoms with E-state index >= 15 is 0 Å². The van der Waals surface area contributed by atoms with E-state index in [0.717, 1.165) is 17.1 Å². The zero-order valence-electron chi connectivity index (χ0n) is 11.5. The van der Waals surface area contributed by atoms with Crippen molar-refractivity contribution in [2.45, 2.75) is 33.7 Å². The average molecular weight is 254 g/mol. The molecular formula is C12H22N4S. The van der Waals surface area contributed by atoms with Gasteiger partial charge in [-0.1, -0.05) is 26.1 Å².